The number of benzene rings is 1. The van der Waals surface area contributed by atoms with Crippen LogP contribution in [0, 0.1) is 0 Å². The Morgan fingerprint density at radius 2 is 2.05 bits per heavy atom. The second-order valence-corrected chi connectivity index (χ2v) is 5.02. The van der Waals surface area contributed by atoms with Crippen LogP contribution in [0.25, 0.3) is 5.78 Å². The molecule has 3 aromatic rings. The first-order valence-corrected chi connectivity index (χ1v) is 6.89. The van der Waals surface area contributed by atoms with Crippen LogP contribution >= 0.6 is 11.8 Å². The van der Waals surface area contributed by atoms with E-state index in [9.17, 15) is 0 Å². The Morgan fingerprint density at radius 3 is 2.84 bits per heavy atom. The second-order valence-electron chi connectivity index (χ2n) is 4.02. The van der Waals surface area contributed by atoms with Gasteiger partial charge < -0.3 is 4.74 Å². The van der Waals surface area contributed by atoms with Gasteiger partial charge in [0.2, 0.25) is 5.78 Å². The largest absolute Gasteiger partial charge is 0.497 e. The van der Waals surface area contributed by atoms with Crippen molar-refractivity contribution < 1.29 is 4.74 Å². The SMILES string of the molecule is COc1ccc(CSc2cnc3ncccn23)cc1. The minimum absolute atomic E-state index is 0.736. The summed E-state index contributed by atoms with van der Waals surface area (Å²) in [4.78, 5) is 8.47. The summed E-state index contributed by atoms with van der Waals surface area (Å²) in [5.74, 6) is 2.51. The van der Waals surface area contributed by atoms with Gasteiger partial charge in [-0.25, -0.2) is 9.97 Å². The van der Waals surface area contributed by atoms with Crippen LogP contribution in [-0.4, -0.2) is 21.5 Å². The first-order chi connectivity index (χ1) is 9.36. The molecule has 4 nitrogen and oxygen atoms in total. The maximum atomic E-state index is 5.15. The number of thioether (sulfide) groups is 1. The van der Waals surface area contributed by atoms with Crippen molar-refractivity contribution in [3.63, 3.8) is 0 Å². The van der Waals surface area contributed by atoms with Crippen LogP contribution < -0.4 is 4.74 Å². The van der Waals surface area contributed by atoms with Crippen molar-refractivity contribution in [1.82, 2.24) is 14.4 Å². The number of imidazole rings is 1. The summed E-state index contributed by atoms with van der Waals surface area (Å²) in [6.07, 6.45) is 5.59. The number of rotatable bonds is 4. The molecule has 0 spiro atoms. The summed E-state index contributed by atoms with van der Waals surface area (Å²) >= 11 is 1.74. The van der Waals surface area contributed by atoms with Gasteiger partial charge in [-0.1, -0.05) is 12.1 Å². The third-order valence-electron chi connectivity index (χ3n) is 2.80. The van der Waals surface area contributed by atoms with E-state index in [0.717, 1.165) is 22.3 Å². The maximum Gasteiger partial charge on any atom is 0.234 e. The average molecular weight is 271 g/mol. The number of fused-ring (bicyclic) bond motifs is 1. The van der Waals surface area contributed by atoms with Gasteiger partial charge in [0.1, 0.15) is 10.8 Å². The molecule has 0 saturated heterocycles. The molecule has 19 heavy (non-hydrogen) atoms. The third kappa shape index (κ3) is 2.56. The lowest BCUT2D eigenvalue weighted by Crippen LogP contribution is -1.89. The molecule has 0 unspecified atom stereocenters. The highest BCUT2D eigenvalue weighted by atomic mass is 32.2. The molecule has 2 heterocycles. The van der Waals surface area contributed by atoms with Crippen LogP contribution in [0.4, 0.5) is 0 Å². The smallest absolute Gasteiger partial charge is 0.234 e. The highest BCUT2D eigenvalue weighted by molar-refractivity contribution is 7.98. The lowest BCUT2D eigenvalue weighted by molar-refractivity contribution is 0.414. The fourth-order valence-electron chi connectivity index (χ4n) is 1.79. The Labute approximate surface area is 115 Å². The molecule has 0 aliphatic rings. The molecule has 0 fully saturated rings. The monoisotopic (exact) mass is 271 g/mol. The molecule has 0 N–H and O–H groups in total. The molecule has 96 valence electrons. The van der Waals surface area contributed by atoms with Gasteiger partial charge in [-0.2, -0.15) is 0 Å². The zero-order valence-corrected chi connectivity index (χ0v) is 11.3. The lowest BCUT2D eigenvalue weighted by Gasteiger charge is -2.03. The number of aromatic nitrogens is 3. The molecule has 0 atom stereocenters. The summed E-state index contributed by atoms with van der Waals surface area (Å²) in [5, 5.41) is 1.10. The predicted molar refractivity (Wildman–Crippen MR) is 75.5 cm³/mol. The standard InChI is InChI=1S/C14H13N3OS/c1-18-12-5-3-11(4-6-12)10-19-13-9-16-14-15-7-2-8-17(13)14/h2-9H,10H2,1H3. The van der Waals surface area contributed by atoms with Gasteiger partial charge >= 0.3 is 0 Å². The van der Waals surface area contributed by atoms with Crippen molar-refractivity contribution in [2.24, 2.45) is 0 Å². The van der Waals surface area contributed by atoms with E-state index < -0.39 is 0 Å². The van der Waals surface area contributed by atoms with Crippen LogP contribution in [0.2, 0.25) is 0 Å². The minimum atomic E-state index is 0.736. The zero-order valence-electron chi connectivity index (χ0n) is 10.5. The van der Waals surface area contributed by atoms with Crippen LogP contribution in [-0.2, 0) is 5.75 Å². The molecular formula is C14H13N3OS. The Bertz CT molecular complexity index is 678. The molecule has 5 heteroatoms. The average Bonchev–Trinajstić information content (AvgIpc) is 2.89. The first-order valence-electron chi connectivity index (χ1n) is 5.90. The fraction of sp³-hybridized carbons (Fsp3) is 0.143. The Balaban J connectivity index is 1.74. The predicted octanol–water partition coefficient (Wildman–Crippen LogP) is 3.03. The third-order valence-corrected chi connectivity index (χ3v) is 3.88. The van der Waals surface area contributed by atoms with Crippen molar-refractivity contribution in [1.29, 1.82) is 0 Å². The van der Waals surface area contributed by atoms with Gasteiger partial charge in [0.15, 0.2) is 0 Å². The topological polar surface area (TPSA) is 39.4 Å². The van der Waals surface area contributed by atoms with Crippen LogP contribution in [0.3, 0.4) is 0 Å². The van der Waals surface area contributed by atoms with E-state index in [1.807, 2.05) is 35.0 Å². The highest BCUT2D eigenvalue weighted by Crippen LogP contribution is 2.24. The van der Waals surface area contributed by atoms with E-state index in [0.29, 0.717) is 0 Å². The lowest BCUT2D eigenvalue weighted by atomic mass is 10.2. The Kier molecular flexibility index (Phi) is 3.37. The van der Waals surface area contributed by atoms with Gasteiger partial charge in [-0.3, -0.25) is 4.40 Å². The van der Waals surface area contributed by atoms with E-state index in [1.165, 1.54) is 5.56 Å². The molecule has 3 rings (SSSR count). The highest BCUT2D eigenvalue weighted by Gasteiger charge is 2.04. The molecule has 0 radical (unpaired) electrons. The molecule has 2 aromatic heterocycles. The van der Waals surface area contributed by atoms with Gasteiger partial charge in [-0.15, -0.1) is 11.8 Å². The first kappa shape index (κ1) is 12.0. The van der Waals surface area contributed by atoms with Crippen molar-refractivity contribution >= 4 is 17.5 Å². The van der Waals surface area contributed by atoms with E-state index >= 15 is 0 Å². The molecule has 1 aromatic carbocycles. The second kappa shape index (κ2) is 5.32. The number of ether oxygens (including phenoxy) is 1. The number of methoxy groups -OCH3 is 1. The molecule has 0 aliphatic carbocycles. The van der Waals surface area contributed by atoms with Crippen LogP contribution in [0.1, 0.15) is 5.56 Å². The summed E-state index contributed by atoms with van der Waals surface area (Å²) in [6.45, 7) is 0. The summed E-state index contributed by atoms with van der Waals surface area (Å²) in [7, 11) is 1.68. The summed E-state index contributed by atoms with van der Waals surface area (Å²) in [5.41, 5.74) is 1.25. The van der Waals surface area contributed by atoms with Crippen molar-refractivity contribution in [2.75, 3.05) is 7.11 Å². The molecule has 0 bridgehead atoms. The fourth-order valence-corrected chi connectivity index (χ4v) is 2.71. The van der Waals surface area contributed by atoms with E-state index in [4.69, 9.17) is 4.74 Å². The number of hydrogen-bond acceptors (Lipinski definition) is 4. The van der Waals surface area contributed by atoms with Gasteiger partial charge in [0.05, 0.1) is 13.3 Å². The summed E-state index contributed by atoms with van der Waals surface area (Å²) in [6, 6.07) is 10.0. The van der Waals surface area contributed by atoms with Crippen molar-refractivity contribution in [2.45, 2.75) is 10.8 Å². The van der Waals surface area contributed by atoms with E-state index in [-0.39, 0.29) is 0 Å². The number of nitrogens with zero attached hydrogens (tertiary/aromatic N) is 3. The van der Waals surface area contributed by atoms with Gasteiger partial charge in [-0.05, 0) is 23.8 Å². The maximum absolute atomic E-state index is 5.15. The molecule has 0 aliphatic heterocycles. The normalized spacial score (nSPS) is 10.8. The Hall–Kier alpha value is -2.01. The van der Waals surface area contributed by atoms with Crippen molar-refractivity contribution in [3.05, 3.63) is 54.5 Å². The van der Waals surface area contributed by atoms with Crippen LogP contribution in [0.5, 0.6) is 5.75 Å². The summed E-state index contributed by atoms with van der Waals surface area (Å²) < 4.78 is 7.14. The van der Waals surface area contributed by atoms with Gasteiger partial charge in [0.25, 0.3) is 0 Å². The van der Waals surface area contributed by atoms with Crippen LogP contribution in [0.15, 0.2) is 53.9 Å². The molecule has 0 amide bonds. The van der Waals surface area contributed by atoms with E-state index in [2.05, 4.69) is 22.1 Å². The molecule has 0 saturated carbocycles. The quantitative estimate of drug-likeness (QED) is 0.684. The minimum Gasteiger partial charge on any atom is -0.497 e. The van der Waals surface area contributed by atoms with E-state index in [1.54, 1.807) is 25.1 Å². The molecular weight excluding hydrogens is 258 g/mol. The van der Waals surface area contributed by atoms with Crippen molar-refractivity contribution in [3.8, 4) is 5.75 Å². The number of hydrogen-bond donors (Lipinski definition) is 0. The Morgan fingerprint density at radius 1 is 1.21 bits per heavy atom. The zero-order chi connectivity index (χ0) is 13.1. The van der Waals surface area contributed by atoms with Gasteiger partial charge in [0, 0.05) is 18.1 Å².